The molecule has 0 atom stereocenters. The average Bonchev–Trinajstić information content (AvgIpc) is 2.94. The zero-order chi connectivity index (χ0) is 13.8. The van der Waals surface area contributed by atoms with E-state index in [4.69, 9.17) is 14.2 Å². The molecule has 2 rings (SSSR count). The number of carbonyl (C=O) groups excluding carboxylic acids is 1. The summed E-state index contributed by atoms with van der Waals surface area (Å²) in [4.78, 5) is 12.4. The van der Waals surface area contributed by atoms with Crippen LogP contribution in [0.15, 0.2) is 24.3 Å². The van der Waals surface area contributed by atoms with Crippen molar-refractivity contribution in [2.45, 2.75) is 0 Å². The molecule has 0 amide bonds. The van der Waals surface area contributed by atoms with Crippen LogP contribution in [-0.2, 0) is 0 Å². The first-order valence-corrected chi connectivity index (χ1v) is 6.40. The highest BCUT2D eigenvalue weighted by atomic mass is 32.1. The fourth-order valence-corrected chi connectivity index (χ4v) is 2.68. The molecule has 19 heavy (non-hydrogen) atoms. The van der Waals surface area contributed by atoms with Crippen molar-refractivity contribution in [3.8, 4) is 27.7 Å². The first-order chi connectivity index (χ1) is 9.23. The number of hydrogen-bond acceptors (Lipinski definition) is 5. The van der Waals surface area contributed by atoms with Crippen molar-refractivity contribution in [3.63, 3.8) is 0 Å². The van der Waals surface area contributed by atoms with Crippen molar-refractivity contribution in [2.75, 3.05) is 21.3 Å². The Labute approximate surface area is 115 Å². The van der Waals surface area contributed by atoms with Gasteiger partial charge in [0.1, 0.15) is 17.2 Å². The molecule has 1 heterocycles. The highest BCUT2D eigenvalue weighted by molar-refractivity contribution is 7.17. The van der Waals surface area contributed by atoms with Crippen LogP contribution >= 0.6 is 11.3 Å². The minimum Gasteiger partial charge on any atom is -0.496 e. The summed E-state index contributed by atoms with van der Waals surface area (Å²) in [7, 11) is 4.77. The molecule has 0 aliphatic rings. The lowest BCUT2D eigenvalue weighted by atomic mass is 10.1. The number of methoxy groups -OCH3 is 3. The van der Waals surface area contributed by atoms with Crippen LogP contribution in [-0.4, -0.2) is 27.6 Å². The number of aldehydes is 1. The molecule has 0 spiro atoms. The van der Waals surface area contributed by atoms with E-state index < -0.39 is 0 Å². The second kappa shape index (κ2) is 5.75. The summed E-state index contributed by atoms with van der Waals surface area (Å²) in [5, 5.41) is 0. The molecular formula is C14H14O4S. The summed E-state index contributed by atoms with van der Waals surface area (Å²) in [6.07, 6.45) is 0.830. The summed E-state index contributed by atoms with van der Waals surface area (Å²) in [5.74, 6) is 1.95. The van der Waals surface area contributed by atoms with Gasteiger partial charge in [-0.15, -0.1) is 11.3 Å². The Morgan fingerprint density at radius 1 is 1.00 bits per heavy atom. The van der Waals surface area contributed by atoms with Crippen molar-refractivity contribution in [2.24, 2.45) is 0 Å². The summed E-state index contributed by atoms with van der Waals surface area (Å²) < 4.78 is 16.0. The molecular weight excluding hydrogens is 264 g/mol. The molecule has 0 bridgehead atoms. The molecule has 0 radical (unpaired) electrons. The maximum Gasteiger partial charge on any atom is 0.160 e. The topological polar surface area (TPSA) is 44.8 Å². The summed E-state index contributed by atoms with van der Waals surface area (Å²) in [6, 6.07) is 7.23. The standard InChI is InChI=1S/C14H14O4S/c1-16-9-6-11(17-2)14(12(7-9)18-3)13-5-4-10(8-15)19-13/h4-8H,1-3H3. The van der Waals surface area contributed by atoms with Crippen LogP contribution in [0.25, 0.3) is 10.4 Å². The Balaban J connectivity index is 2.62. The maximum absolute atomic E-state index is 10.8. The van der Waals surface area contributed by atoms with Crippen LogP contribution in [0, 0.1) is 0 Å². The third kappa shape index (κ3) is 2.56. The minimum atomic E-state index is 0.649. The van der Waals surface area contributed by atoms with Gasteiger partial charge in [-0.25, -0.2) is 0 Å². The number of benzene rings is 1. The third-order valence-electron chi connectivity index (χ3n) is 2.70. The number of carbonyl (C=O) groups is 1. The Morgan fingerprint density at radius 2 is 1.63 bits per heavy atom. The molecule has 0 N–H and O–H groups in total. The normalized spacial score (nSPS) is 10.1. The second-order valence-corrected chi connectivity index (χ2v) is 4.84. The van der Waals surface area contributed by atoms with E-state index in [-0.39, 0.29) is 0 Å². The molecule has 2 aromatic rings. The highest BCUT2D eigenvalue weighted by Gasteiger charge is 2.16. The molecule has 1 aromatic heterocycles. The van der Waals surface area contributed by atoms with Crippen LogP contribution in [0.4, 0.5) is 0 Å². The maximum atomic E-state index is 10.8. The molecule has 0 saturated carbocycles. The van der Waals surface area contributed by atoms with Crippen LogP contribution in [0.3, 0.4) is 0 Å². The number of thiophene rings is 1. The zero-order valence-corrected chi connectivity index (χ0v) is 11.7. The van der Waals surface area contributed by atoms with Gasteiger partial charge in [0.2, 0.25) is 0 Å². The van der Waals surface area contributed by atoms with E-state index in [9.17, 15) is 4.79 Å². The molecule has 0 aliphatic heterocycles. The summed E-state index contributed by atoms with van der Waals surface area (Å²) in [6.45, 7) is 0. The van der Waals surface area contributed by atoms with E-state index in [0.29, 0.717) is 22.1 Å². The van der Waals surface area contributed by atoms with Gasteiger partial charge >= 0.3 is 0 Å². The summed E-state index contributed by atoms with van der Waals surface area (Å²) >= 11 is 1.39. The van der Waals surface area contributed by atoms with Crippen LogP contribution in [0.1, 0.15) is 9.67 Å². The van der Waals surface area contributed by atoms with E-state index >= 15 is 0 Å². The molecule has 0 aliphatic carbocycles. The molecule has 1 aromatic carbocycles. The smallest absolute Gasteiger partial charge is 0.160 e. The summed E-state index contributed by atoms with van der Waals surface area (Å²) in [5.41, 5.74) is 0.823. The molecule has 0 unspecified atom stereocenters. The van der Waals surface area contributed by atoms with Gasteiger partial charge in [0.05, 0.1) is 31.8 Å². The van der Waals surface area contributed by atoms with Crippen LogP contribution in [0.5, 0.6) is 17.2 Å². The van der Waals surface area contributed by atoms with Crippen molar-refractivity contribution in [1.29, 1.82) is 0 Å². The monoisotopic (exact) mass is 278 g/mol. The predicted molar refractivity (Wildman–Crippen MR) is 74.8 cm³/mol. The lowest BCUT2D eigenvalue weighted by Gasteiger charge is -2.13. The van der Waals surface area contributed by atoms with Gasteiger partial charge in [-0.3, -0.25) is 4.79 Å². The second-order valence-electron chi connectivity index (χ2n) is 3.73. The van der Waals surface area contributed by atoms with Crippen molar-refractivity contribution < 1.29 is 19.0 Å². The van der Waals surface area contributed by atoms with Gasteiger partial charge in [-0.1, -0.05) is 0 Å². The van der Waals surface area contributed by atoms with Crippen molar-refractivity contribution >= 4 is 17.6 Å². The molecule has 100 valence electrons. The first-order valence-electron chi connectivity index (χ1n) is 5.59. The lowest BCUT2D eigenvalue weighted by Crippen LogP contribution is -1.94. The van der Waals surface area contributed by atoms with E-state index in [2.05, 4.69) is 0 Å². The van der Waals surface area contributed by atoms with E-state index in [1.54, 1.807) is 39.5 Å². The van der Waals surface area contributed by atoms with Gasteiger partial charge in [0.15, 0.2) is 6.29 Å². The Morgan fingerprint density at radius 3 is 2.05 bits per heavy atom. The zero-order valence-electron chi connectivity index (χ0n) is 10.9. The molecule has 0 fully saturated rings. The van der Waals surface area contributed by atoms with Crippen LogP contribution in [0.2, 0.25) is 0 Å². The molecule has 0 saturated heterocycles. The number of rotatable bonds is 5. The highest BCUT2D eigenvalue weighted by Crippen LogP contribution is 2.44. The Kier molecular flexibility index (Phi) is 4.06. The van der Waals surface area contributed by atoms with Gasteiger partial charge in [0.25, 0.3) is 0 Å². The quantitative estimate of drug-likeness (QED) is 0.787. The number of hydrogen-bond donors (Lipinski definition) is 0. The minimum absolute atomic E-state index is 0.649. The largest absolute Gasteiger partial charge is 0.496 e. The Bertz CT molecular complexity index is 564. The van der Waals surface area contributed by atoms with Gasteiger partial charge in [-0.05, 0) is 12.1 Å². The van der Waals surface area contributed by atoms with E-state index in [1.807, 2.05) is 6.07 Å². The fraction of sp³-hybridized carbons (Fsp3) is 0.214. The van der Waals surface area contributed by atoms with E-state index in [0.717, 1.165) is 16.7 Å². The number of ether oxygens (including phenoxy) is 3. The Hall–Kier alpha value is -2.01. The van der Waals surface area contributed by atoms with Gasteiger partial charge in [0, 0.05) is 17.0 Å². The predicted octanol–water partition coefficient (Wildman–Crippen LogP) is 3.25. The van der Waals surface area contributed by atoms with Crippen molar-refractivity contribution in [1.82, 2.24) is 0 Å². The molecule has 5 heteroatoms. The molecule has 4 nitrogen and oxygen atoms in total. The van der Waals surface area contributed by atoms with Crippen LogP contribution < -0.4 is 14.2 Å². The SMILES string of the molecule is COc1cc(OC)c(-c2ccc(C=O)s2)c(OC)c1. The third-order valence-corrected chi connectivity index (χ3v) is 3.73. The fourth-order valence-electron chi connectivity index (χ4n) is 1.80. The average molecular weight is 278 g/mol. The van der Waals surface area contributed by atoms with Gasteiger partial charge < -0.3 is 14.2 Å². The van der Waals surface area contributed by atoms with Crippen molar-refractivity contribution in [3.05, 3.63) is 29.1 Å². The van der Waals surface area contributed by atoms with Gasteiger partial charge in [-0.2, -0.15) is 0 Å². The lowest BCUT2D eigenvalue weighted by molar-refractivity contribution is 0.112. The first kappa shape index (κ1) is 13.4. The van der Waals surface area contributed by atoms with E-state index in [1.165, 1.54) is 11.3 Å².